The van der Waals surface area contributed by atoms with Crippen LogP contribution in [0.2, 0.25) is 0 Å². The molecule has 0 saturated heterocycles. The normalized spacial score (nSPS) is 10.6. The molecule has 1 amide bonds. The van der Waals surface area contributed by atoms with Crippen LogP contribution in [0.1, 0.15) is 21.5 Å². The Balaban J connectivity index is 1.41. The Morgan fingerprint density at radius 1 is 0.906 bits per heavy atom. The van der Waals surface area contributed by atoms with Gasteiger partial charge in [0.25, 0.3) is 11.1 Å². The highest BCUT2D eigenvalue weighted by molar-refractivity contribution is 7.80. The number of fused-ring (bicyclic) bond motifs is 1. The molecule has 0 aliphatic heterocycles. The molecule has 7 heteroatoms. The summed E-state index contributed by atoms with van der Waals surface area (Å²) in [6, 6.07) is 18.4. The van der Waals surface area contributed by atoms with Crippen molar-refractivity contribution >= 4 is 45.7 Å². The van der Waals surface area contributed by atoms with E-state index in [-0.39, 0.29) is 5.91 Å². The molecule has 3 aromatic carbocycles. The molecule has 160 valence electrons. The summed E-state index contributed by atoms with van der Waals surface area (Å²) in [5, 5.41) is 3.20. The fourth-order valence-electron chi connectivity index (χ4n) is 3.13. The fraction of sp³-hybridized carbons (Fsp3) is 0.120. The summed E-state index contributed by atoms with van der Waals surface area (Å²) < 4.78 is 5.81. The number of benzene rings is 3. The van der Waals surface area contributed by atoms with Gasteiger partial charge in [0.1, 0.15) is 5.75 Å². The second kappa shape index (κ2) is 9.11. The lowest BCUT2D eigenvalue weighted by molar-refractivity contribution is 0.102. The Hall–Kier alpha value is -3.84. The number of hydrogen-bond acceptors (Lipinski definition) is 5. The average molecular weight is 443 g/mol. The highest BCUT2D eigenvalue weighted by atomic mass is 32.1. The number of ether oxygens (including phenoxy) is 1. The van der Waals surface area contributed by atoms with E-state index in [4.69, 9.17) is 17.0 Å². The summed E-state index contributed by atoms with van der Waals surface area (Å²) >= 11 is 5.44. The summed E-state index contributed by atoms with van der Waals surface area (Å²) in [6.45, 7) is 4.13. The molecule has 1 N–H and O–H groups in total. The minimum Gasteiger partial charge on any atom is -0.432 e. The van der Waals surface area contributed by atoms with Crippen LogP contribution in [0.5, 0.6) is 5.75 Å². The second-order valence-electron chi connectivity index (χ2n) is 7.43. The topological polar surface area (TPSA) is 67.3 Å². The Bertz CT molecular complexity index is 1310. The van der Waals surface area contributed by atoms with Gasteiger partial charge in [0.05, 0.1) is 11.0 Å². The molecule has 1 heterocycles. The van der Waals surface area contributed by atoms with Crippen molar-refractivity contribution in [1.29, 1.82) is 0 Å². The zero-order valence-electron chi connectivity index (χ0n) is 18.0. The predicted molar refractivity (Wildman–Crippen MR) is 131 cm³/mol. The van der Waals surface area contributed by atoms with Crippen molar-refractivity contribution in [3.05, 3.63) is 89.7 Å². The van der Waals surface area contributed by atoms with Crippen LogP contribution in [0.15, 0.2) is 73.1 Å². The third kappa shape index (κ3) is 4.73. The maximum atomic E-state index is 12.6. The maximum Gasteiger partial charge on any atom is 0.269 e. The van der Waals surface area contributed by atoms with Crippen LogP contribution in [-0.4, -0.2) is 28.1 Å². The number of aromatic nitrogens is 2. The molecule has 32 heavy (non-hydrogen) atoms. The van der Waals surface area contributed by atoms with Gasteiger partial charge in [-0.1, -0.05) is 6.07 Å². The molecular formula is C25H22N4O2S. The first-order valence-corrected chi connectivity index (χ1v) is 10.5. The maximum absolute atomic E-state index is 12.6. The lowest BCUT2D eigenvalue weighted by Gasteiger charge is -2.21. The Morgan fingerprint density at radius 3 is 2.34 bits per heavy atom. The average Bonchev–Trinajstić information content (AvgIpc) is 2.80. The van der Waals surface area contributed by atoms with E-state index < -0.39 is 0 Å². The number of nitrogens with one attached hydrogen (secondary N) is 1. The number of thiocarbonyl (C=S) groups is 1. The summed E-state index contributed by atoms with van der Waals surface area (Å²) in [4.78, 5) is 22.9. The van der Waals surface area contributed by atoms with Gasteiger partial charge in [0.2, 0.25) is 0 Å². The van der Waals surface area contributed by atoms with E-state index >= 15 is 0 Å². The molecule has 1 aromatic heterocycles. The Kier molecular flexibility index (Phi) is 6.09. The van der Waals surface area contributed by atoms with Crippen LogP contribution in [0.3, 0.4) is 0 Å². The molecule has 4 rings (SSSR count). The van der Waals surface area contributed by atoms with Gasteiger partial charge in [0, 0.05) is 36.4 Å². The zero-order chi connectivity index (χ0) is 22.7. The van der Waals surface area contributed by atoms with Gasteiger partial charge in [-0.05, 0) is 91.8 Å². The van der Waals surface area contributed by atoms with Gasteiger partial charge >= 0.3 is 0 Å². The minimum atomic E-state index is -0.227. The van der Waals surface area contributed by atoms with Crippen molar-refractivity contribution in [3.8, 4) is 5.75 Å². The zero-order valence-corrected chi connectivity index (χ0v) is 18.8. The van der Waals surface area contributed by atoms with Gasteiger partial charge in [0.15, 0.2) is 0 Å². The van der Waals surface area contributed by atoms with E-state index in [0.717, 1.165) is 16.7 Å². The molecule has 0 saturated carbocycles. The smallest absolute Gasteiger partial charge is 0.269 e. The number of nitrogens with zero attached hydrogens (tertiary/aromatic N) is 3. The molecular weight excluding hydrogens is 420 g/mol. The summed E-state index contributed by atoms with van der Waals surface area (Å²) in [5.41, 5.74) is 6.01. The first-order valence-electron chi connectivity index (χ1n) is 10.1. The van der Waals surface area contributed by atoms with Crippen molar-refractivity contribution in [3.63, 3.8) is 0 Å². The van der Waals surface area contributed by atoms with E-state index in [1.165, 1.54) is 11.1 Å². The highest BCUT2D eigenvalue weighted by Gasteiger charge is 2.12. The molecule has 0 radical (unpaired) electrons. The first kappa shape index (κ1) is 21.4. The predicted octanol–water partition coefficient (Wildman–Crippen LogP) is 5.30. The Morgan fingerprint density at radius 2 is 1.62 bits per heavy atom. The largest absolute Gasteiger partial charge is 0.432 e. The third-order valence-electron chi connectivity index (χ3n) is 5.20. The number of carbonyl (C=O) groups excluding carboxylic acids is 1. The van der Waals surface area contributed by atoms with E-state index in [1.807, 2.05) is 24.1 Å². The quantitative estimate of drug-likeness (QED) is 0.433. The van der Waals surface area contributed by atoms with Gasteiger partial charge in [-0.3, -0.25) is 14.8 Å². The van der Waals surface area contributed by atoms with Gasteiger partial charge in [-0.15, -0.1) is 0 Å². The minimum absolute atomic E-state index is 0.227. The number of anilines is 2. The van der Waals surface area contributed by atoms with Crippen molar-refractivity contribution < 1.29 is 9.53 Å². The molecule has 0 spiro atoms. The highest BCUT2D eigenvalue weighted by Crippen LogP contribution is 2.21. The molecule has 0 fully saturated rings. The van der Waals surface area contributed by atoms with E-state index in [1.54, 1.807) is 48.8 Å². The van der Waals surface area contributed by atoms with Gasteiger partial charge in [-0.2, -0.15) is 0 Å². The van der Waals surface area contributed by atoms with Crippen molar-refractivity contribution in [2.75, 3.05) is 17.3 Å². The van der Waals surface area contributed by atoms with Crippen molar-refractivity contribution in [1.82, 2.24) is 9.97 Å². The van der Waals surface area contributed by atoms with E-state index in [0.29, 0.717) is 22.2 Å². The van der Waals surface area contributed by atoms with Crippen LogP contribution < -0.4 is 15.0 Å². The SMILES string of the molecule is Cc1ccc(N(C)C(=S)Oc2ccc(C(=O)Nc3ccc4nccnc4c3)cc2)cc1C. The van der Waals surface area contributed by atoms with Crippen LogP contribution >= 0.6 is 12.2 Å². The van der Waals surface area contributed by atoms with Crippen molar-refractivity contribution in [2.45, 2.75) is 13.8 Å². The molecule has 4 aromatic rings. The third-order valence-corrected chi connectivity index (χ3v) is 5.56. The lowest BCUT2D eigenvalue weighted by atomic mass is 10.1. The molecule has 0 aliphatic rings. The van der Waals surface area contributed by atoms with Crippen LogP contribution in [0, 0.1) is 13.8 Å². The number of amides is 1. The summed E-state index contributed by atoms with van der Waals surface area (Å²) in [7, 11) is 1.86. The molecule has 6 nitrogen and oxygen atoms in total. The van der Waals surface area contributed by atoms with Crippen LogP contribution in [-0.2, 0) is 0 Å². The van der Waals surface area contributed by atoms with Gasteiger partial charge < -0.3 is 15.0 Å². The number of carbonyl (C=O) groups is 1. The standard InChI is InChI=1S/C25H22N4O2S/c1-16-4-8-20(14-17(16)2)29(3)25(32)31-21-9-5-18(6-10-21)24(30)28-19-7-11-22-23(15-19)27-13-12-26-22/h4-15H,1-3H3,(H,28,30). The summed E-state index contributed by atoms with van der Waals surface area (Å²) in [6.07, 6.45) is 3.25. The summed E-state index contributed by atoms with van der Waals surface area (Å²) in [5.74, 6) is 0.331. The van der Waals surface area contributed by atoms with E-state index in [9.17, 15) is 4.79 Å². The monoisotopic (exact) mass is 442 g/mol. The lowest BCUT2D eigenvalue weighted by Crippen LogP contribution is -2.29. The van der Waals surface area contributed by atoms with Gasteiger partial charge in [-0.25, -0.2) is 0 Å². The molecule has 0 unspecified atom stereocenters. The first-order chi connectivity index (χ1) is 15.4. The number of hydrogen-bond donors (Lipinski definition) is 1. The molecule has 0 atom stereocenters. The van der Waals surface area contributed by atoms with Crippen LogP contribution in [0.25, 0.3) is 11.0 Å². The molecule has 0 aliphatic carbocycles. The van der Waals surface area contributed by atoms with Crippen molar-refractivity contribution in [2.24, 2.45) is 0 Å². The molecule has 0 bridgehead atoms. The van der Waals surface area contributed by atoms with Crippen LogP contribution in [0.4, 0.5) is 11.4 Å². The Labute approximate surface area is 191 Å². The van der Waals surface area contributed by atoms with E-state index in [2.05, 4.69) is 41.3 Å². The fourth-order valence-corrected chi connectivity index (χ4v) is 3.33. The number of rotatable bonds is 4. The number of aryl methyl sites for hydroxylation is 2. The second-order valence-corrected chi connectivity index (χ2v) is 7.78.